The van der Waals surface area contributed by atoms with Gasteiger partial charge in [-0.15, -0.1) is 0 Å². The number of carboxylic acid groups (broad SMARTS) is 1. The normalized spacial score (nSPS) is 16.2. The van der Waals surface area contributed by atoms with Crippen molar-refractivity contribution < 1.29 is 9.90 Å². The highest BCUT2D eigenvalue weighted by atomic mass is 16.4. The van der Waals surface area contributed by atoms with Gasteiger partial charge in [-0.05, 0) is 18.1 Å². The first kappa shape index (κ1) is 13.7. The van der Waals surface area contributed by atoms with Crippen LogP contribution in [0.2, 0.25) is 0 Å². The third-order valence-electron chi connectivity index (χ3n) is 3.68. The molecule has 1 aromatic carbocycles. The van der Waals surface area contributed by atoms with Gasteiger partial charge >= 0.3 is 5.97 Å². The van der Waals surface area contributed by atoms with Crippen molar-refractivity contribution >= 4 is 17.3 Å². The molecule has 1 aliphatic rings. The molecule has 0 saturated carbocycles. The SMILES string of the molecule is CN1CCN(C)c2c(C(N)CCC(=O)O)cccc21. The van der Waals surface area contributed by atoms with Crippen LogP contribution in [0.25, 0.3) is 0 Å². The van der Waals surface area contributed by atoms with E-state index in [2.05, 4.69) is 30.0 Å². The lowest BCUT2D eigenvalue weighted by molar-refractivity contribution is -0.137. The van der Waals surface area contributed by atoms with E-state index < -0.39 is 5.97 Å². The predicted octanol–water partition coefficient (Wildman–Crippen LogP) is 1.44. The molecule has 1 aliphatic heterocycles. The molecule has 2 rings (SSSR count). The molecule has 0 aliphatic carbocycles. The van der Waals surface area contributed by atoms with Crippen LogP contribution in [0.15, 0.2) is 18.2 Å². The molecule has 0 fully saturated rings. The van der Waals surface area contributed by atoms with Crippen LogP contribution in [0, 0.1) is 0 Å². The number of carbonyl (C=O) groups is 1. The standard InChI is InChI=1S/C14H21N3O2/c1-16-8-9-17(2)14-10(4-3-5-12(14)16)11(15)6-7-13(18)19/h3-5,11H,6-9,15H2,1-2H3,(H,18,19). The van der Waals surface area contributed by atoms with Gasteiger partial charge in [0.15, 0.2) is 0 Å². The summed E-state index contributed by atoms with van der Waals surface area (Å²) in [4.78, 5) is 15.1. The fourth-order valence-electron chi connectivity index (χ4n) is 2.54. The van der Waals surface area contributed by atoms with Crippen LogP contribution in [0.4, 0.5) is 11.4 Å². The maximum Gasteiger partial charge on any atom is 0.303 e. The lowest BCUT2D eigenvalue weighted by Crippen LogP contribution is -2.38. The molecule has 0 aromatic heterocycles. The quantitative estimate of drug-likeness (QED) is 0.860. The van der Waals surface area contributed by atoms with Crippen LogP contribution in [-0.4, -0.2) is 38.3 Å². The van der Waals surface area contributed by atoms with E-state index in [9.17, 15) is 4.79 Å². The molecule has 0 spiro atoms. The topological polar surface area (TPSA) is 69.8 Å². The monoisotopic (exact) mass is 263 g/mol. The number of nitrogens with zero attached hydrogens (tertiary/aromatic N) is 2. The predicted molar refractivity (Wildman–Crippen MR) is 76.8 cm³/mol. The van der Waals surface area contributed by atoms with E-state index >= 15 is 0 Å². The summed E-state index contributed by atoms with van der Waals surface area (Å²) in [5.74, 6) is -0.800. The van der Waals surface area contributed by atoms with Gasteiger partial charge in [0.05, 0.1) is 11.4 Å². The Hall–Kier alpha value is -1.75. The Morgan fingerprint density at radius 3 is 2.74 bits per heavy atom. The maximum atomic E-state index is 10.7. The van der Waals surface area contributed by atoms with E-state index in [4.69, 9.17) is 10.8 Å². The molecule has 1 atom stereocenters. The average Bonchev–Trinajstić information content (AvgIpc) is 2.39. The summed E-state index contributed by atoms with van der Waals surface area (Å²) in [6.07, 6.45) is 0.563. The Bertz CT molecular complexity index is 476. The number of likely N-dealkylation sites (N-methyl/N-ethyl adjacent to an activating group) is 2. The molecule has 104 valence electrons. The van der Waals surface area contributed by atoms with Crippen LogP contribution < -0.4 is 15.5 Å². The first-order chi connectivity index (χ1) is 9.00. The Kier molecular flexibility index (Phi) is 3.95. The first-order valence-corrected chi connectivity index (χ1v) is 6.53. The van der Waals surface area contributed by atoms with E-state index in [1.54, 1.807) is 0 Å². The fourth-order valence-corrected chi connectivity index (χ4v) is 2.54. The number of carboxylic acids is 1. The number of nitrogens with two attached hydrogens (primary N) is 1. The van der Waals surface area contributed by atoms with Gasteiger partial charge in [-0.1, -0.05) is 12.1 Å². The summed E-state index contributed by atoms with van der Waals surface area (Å²) in [5, 5.41) is 8.77. The second-order valence-electron chi connectivity index (χ2n) is 5.10. The molecule has 1 unspecified atom stereocenters. The number of fused-ring (bicyclic) bond motifs is 1. The minimum Gasteiger partial charge on any atom is -0.481 e. The number of para-hydroxylation sites is 1. The Labute approximate surface area is 113 Å². The van der Waals surface area contributed by atoms with Crippen LogP contribution in [0.3, 0.4) is 0 Å². The highest BCUT2D eigenvalue weighted by molar-refractivity contribution is 5.77. The first-order valence-electron chi connectivity index (χ1n) is 6.53. The summed E-state index contributed by atoms with van der Waals surface area (Å²) in [7, 11) is 4.12. The molecule has 0 saturated heterocycles. The van der Waals surface area contributed by atoms with Crippen LogP contribution in [-0.2, 0) is 4.79 Å². The molecule has 5 nitrogen and oxygen atoms in total. The lowest BCUT2D eigenvalue weighted by atomic mass is 9.98. The second kappa shape index (κ2) is 5.48. The van der Waals surface area contributed by atoms with E-state index in [-0.39, 0.29) is 12.5 Å². The van der Waals surface area contributed by atoms with Crippen molar-refractivity contribution in [2.75, 3.05) is 37.0 Å². The van der Waals surface area contributed by atoms with Crippen molar-refractivity contribution in [3.63, 3.8) is 0 Å². The number of aliphatic carboxylic acids is 1. The van der Waals surface area contributed by atoms with Gasteiger partial charge in [0.2, 0.25) is 0 Å². The Morgan fingerprint density at radius 2 is 2.05 bits per heavy atom. The molecule has 1 aromatic rings. The Balaban J connectivity index is 2.30. The molecule has 0 bridgehead atoms. The van der Waals surface area contributed by atoms with Crippen LogP contribution >= 0.6 is 0 Å². The zero-order valence-electron chi connectivity index (χ0n) is 11.5. The second-order valence-corrected chi connectivity index (χ2v) is 5.10. The van der Waals surface area contributed by atoms with Crippen LogP contribution in [0.5, 0.6) is 0 Å². The third kappa shape index (κ3) is 2.81. The largest absolute Gasteiger partial charge is 0.481 e. The Morgan fingerprint density at radius 1 is 1.37 bits per heavy atom. The number of anilines is 2. The molecule has 19 heavy (non-hydrogen) atoms. The highest BCUT2D eigenvalue weighted by Gasteiger charge is 2.23. The van der Waals surface area contributed by atoms with Crippen molar-refractivity contribution in [1.82, 2.24) is 0 Å². The number of hydrogen-bond acceptors (Lipinski definition) is 4. The van der Waals surface area contributed by atoms with Gasteiger partial charge < -0.3 is 20.6 Å². The minimum atomic E-state index is -0.800. The van der Waals surface area contributed by atoms with Gasteiger partial charge in [0.25, 0.3) is 0 Å². The summed E-state index contributed by atoms with van der Waals surface area (Å²) < 4.78 is 0. The molecule has 0 radical (unpaired) electrons. The number of hydrogen-bond donors (Lipinski definition) is 2. The van der Waals surface area contributed by atoms with Crippen molar-refractivity contribution in [1.29, 1.82) is 0 Å². The van der Waals surface area contributed by atoms with Crippen molar-refractivity contribution in [2.24, 2.45) is 5.73 Å². The van der Waals surface area contributed by atoms with Crippen molar-refractivity contribution in [3.05, 3.63) is 23.8 Å². The van der Waals surface area contributed by atoms with E-state index in [0.29, 0.717) is 6.42 Å². The zero-order valence-corrected chi connectivity index (χ0v) is 11.5. The highest BCUT2D eigenvalue weighted by Crippen LogP contribution is 2.37. The van der Waals surface area contributed by atoms with Gasteiger partial charge in [-0.2, -0.15) is 0 Å². The maximum absolute atomic E-state index is 10.7. The molecular weight excluding hydrogens is 242 g/mol. The van der Waals surface area contributed by atoms with E-state index in [0.717, 1.165) is 30.0 Å². The smallest absolute Gasteiger partial charge is 0.303 e. The molecule has 3 N–H and O–H groups in total. The molecule has 1 heterocycles. The lowest BCUT2D eigenvalue weighted by Gasteiger charge is -2.37. The molecule has 0 amide bonds. The van der Waals surface area contributed by atoms with Crippen molar-refractivity contribution in [2.45, 2.75) is 18.9 Å². The average molecular weight is 263 g/mol. The third-order valence-corrected chi connectivity index (χ3v) is 3.68. The molecular formula is C14H21N3O2. The summed E-state index contributed by atoms with van der Waals surface area (Å²) in [6.45, 7) is 1.93. The number of benzene rings is 1. The minimum absolute atomic E-state index is 0.102. The summed E-state index contributed by atoms with van der Waals surface area (Å²) in [5.41, 5.74) is 9.50. The summed E-state index contributed by atoms with van der Waals surface area (Å²) in [6, 6.07) is 5.84. The van der Waals surface area contributed by atoms with E-state index in [1.807, 2.05) is 12.1 Å². The van der Waals surface area contributed by atoms with Crippen molar-refractivity contribution in [3.8, 4) is 0 Å². The van der Waals surface area contributed by atoms with Gasteiger partial charge in [-0.3, -0.25) is 4.79 Å². The summed E-state index contributed by atoms with van der Waals surface area (Å²) >= 11 is 0. The van der Waals surface area contributed by atoms with Gasteiger partial charge in [-0.25, -0.2) is 0 Å². The fraction of sp³-hybridized carbons (Fsp3) is 0.500. The van der Waals surface area contributed by atoms with E-state index in [1.165, 1.54) is 0 Å². The van der Waals surface area contributed by atoms with Crippen LogP contribution in [0.1, 0.15) is 24.4 Å². The zero-order chi connectivity index (χ0) is 14.0. The molecule has 5 heteroatoms. The van der Waals surface area contributed by atoms with Gasteiger partial charge in [0.1, 0.15) is 0 Å². The van der Waals surface area contributed by atoms with Gasteiger partial charge in [0, 0.05) is 39.6 Å². The number of rotatable bonds is 4.